The Bertz CT molecular complexity index is 592. The lowest BCUT2D eigenvalue weighted by Crippen LogP contribution is -2.27. The summed E-state index contributed by atoms with van der Waals surface area (Å²) in [5.74, 6) is -2.43. The third kappa shape index (κ3) is 4.36. The molecule has 0 spiro atoms. The lowest BCUT2D eigenvalue weighted by Gasteiger charge is -2.08. The first-order valence-electron chi connectivity index (χ1n) is 5.57. The zero-order chi connectivity index (χ0) is 14.6. The van der Waals surface area contributed by atoms with Gasteiger partial charge in [-0.2, -0.15) is 0 Å². The maximum atomic E-state index is 11.6. The molecule has 0 saturated carbocycles. The van der Waals surface area contributed by atoms with E-state index in [4.69, 9.17) is 5.11 Å². The molecule has 1 aromatic carbocycles. The van der Waals surface area contributed by atoms with Crippen molar-refractivity contribution in [1.29, 1.82) is 0 Å². The largest absolute Gasteiger partial charge is 0.478 e. The number of carboxylic acids is 1. The number of benzene rings is 1. The van der Waals surface area contributed by atoms with E-state index in [2.05, 4.69) is 5.32 Å². The average molecular weight is 285 g/mol. The minimum atomic E-state index is -3.47. The highest BCUT2D eigenvalue weighted by molar-refractivity contribution is 7.92. The molecule has 0 bridgehead atoms. The first-order chi connectivity index (χ1) is 8.72. The van der Waals surface area contributed by atoms with Crippen LogP contribution in [0.3, 0.4) is 0 Å². The summed E-state index contributed by atoms with van der Waals surface area (Å²) >= 11 is 0. The minimum Gasteiger partial charge on any atom is -0.478 e. The van der Waals surface area contributed by atoms with Crippen LogP contribution in [0.4, 0.5) is 5.69 Å². The normalized spacial score (nSPS) is 11.3. The minimum absolute atomic E-state index is 0.0181. The zero-order valence-corrected chi connectivity index (χ0v) is 11.4. The van der Waals surface area contributed by atoms with Crippen molar-refractivity contribution in [2.75, 3.05) is 11.1 Å². The summed E-state index contributed by atoms with van der Waals surface area (Å²) in [5, 5.41) is 10.5. The molecule has 0 aromatic heterocycles. The number of carboxylic acid groups (broad SMARTS) is 1. The van der Waals surface area contributed by atoms with E-state index in [9.17, 15) is 18.0 Å². The van der Waals surface area contributed by atoms with Crippen molar-refractivity contribution in [3.8, 4) is 0 Å². The molecule has 0 fully saturated rings. The van der Waals surface area contributed by atoms with Gasteiger partial charge in [-0.15, -0.1) is 0 Å². The number of nitrogens with one attached hydrogen (secondary N) is 1. The predicted octanol–water partition coefficient (Wildman–Crippen LogP) is 1.15. The van der Waals surface area contributed by atoms with Gasteiger partial charge in [0.1, 0.15) is 5.75 Å². The molecular formula is C12H15NO5S. The summed E-state index contributed by atoms with van der Waals surface area (Å²) in [6.45, 7) is 2.99. The number of hydrogen-bond acceptors (Lipinski definition) is 4. The Labute approximate surface area is 111 Å². The van der Waals surface area contributed by atoms with E-state index in [1.54, 1.807) is 0 Å². The summed E-state index contributed by atoms with van der Waals surface area (Å²) in [4.78, 5) is 22.3. The van der Waals surface area contributed by atoms with E-state index in [1.165, 1.54) is 38.1 Å². The van der Waals surface area contributed by atoms with Crippen molar-refractivity contribution in [1.82, 2.24) is 0 Å². The summed E-state index contributed by atoms with van der Waals surface area (Å²) in [6, 6.07) is 5.60. The number of sulfone groups is 1. The monoisotopic (exact) mass is 285 g/mol. The van der Waals surface area contributed by atoms with Crippen LogP contribution < -0.4 is 5.32 Å². The number of aromatic carboxylic acids is 1. The van der Waals surface area contributed by atoms with Gasteiger partial charge in [0.2, 0.25) is 5.91 Å². The SMILES string of the molecule is CC(C)S(=O)(=O)CC(=O)Nc1cccc(C(=O)O)c1. The van der Waals surface area contributed by atoms with Crippen LogP contribution in [0.25, 0.3) is 0 Å². The third-order valence-corrected chi connectivity index (χ3v) is 4.54. The highest BCUT2D eigenvalue weighted by atomic mass is 32.2. The fraction of sp³-hybridized carbons (Fsp3) is 0.333. The van der Waals surface area contributed by atoms with Crippen molar-refractivity contribution < 1.29 is 23.1 Å². The highest BCUT2D eigenvalue weighted by Gasteiger charge is 2.20. The van der Waals surface area contributed by atoms with Crippen LogP contribution in [0, 0.1) is 0 Å². The van der Waals surface area contributed by atoms with E-state index in [1.807, 2.05) is 0 Å². The summed E-state index contributed by atoms with van der Waals surface area (Å²) in [5.41, 5.74) is 0.272. The second kappa shape index (κ2) is 5.83. The van der Waals surface area contributed by atoms with Crippen molar-refractivity contribution in [3.63, 3.8) is 0 Å². The van der Waals surface area contributed by atoms with Crippen LogP contribution in [-0.2, 0) is 14.6 Å². The number of amides is 1. The molecule has 104 valence electrons. The molecule has 0 heterocycles. The molecule has 1 aromatic rings. The molecule has 2 N–H and O–H groups in total. The van der Waals surface area contributed by atoms with Crippen LogP contribution in [-0.4, -0.2) is 36.4 Å². The molecule has 7 heteroatoms. The lowest BCUT2D eigenvalue weighted by atomic mass is 10.2. The maximum Gasteiger partial charge on any atom is 0.335 e. The molecule has 1 amide bonds. The molecule has 6 nitrogen and oxygen atoms in total. The van der Waals surface area contributed by atoms with Crippen molar-refractivity contribution in [2.45, 2.75) is 19.1 Å². The molecule has 0 saturated heterocycles. The predicted molar refractivity (Wildman–Crippen MR) is 71.0 cm³/mol. The molecular weight excluding hydrogens is 270 g/mol. The molecule has 19 heavy (non-hydrogen) atoms. The Morgan fingerprint density at radius 2 is 1.95 bits per heavy atom. The average Bonchev–Trinajstić information content (AvgIpc) is 2.28. The first kappa shape index (κ1) is 15.2. The molecule has 0 aliphatic rings. The quantitative estimate of drug-likeness (QED) is 0.845. The van der Waals surface area contributed by atoms with Gasteiger partial charge >= 0.3 is 5.97 Å². The standard InChI is InChI=1S/C12H15NO5S/c1-8(2)19(17,18)7-11(14)13-10-5-3-4-9(6-10)12(15)16/h3-6,8H,7H2,1-2H3,(H,13,14)(H,15,16). The highest BCUT2D eigenvalue weighted by Crippen LogP contribution is 2.11. The van der Waals surface area contributed by atoms with Gasteiger partial charge in [0.15, 0.2) is 9.84 Å². The van der Waals surface area contributed by atoms with Gasteiger partial charge in [-0.05, 0) is 32.0 Å². The van der Waals surface area contributed by atoms with Gasteiger partial charge < -0.3 is 10.4 Å². The molecule has 1 rings (SSSR count). The smallest absolute Gasteiger partial charge is 0.335 e. The van der Waals surface area contributed by atoms with E-state index in [0.717, 1.165) is 0 Å². The van der Waals surface area contributed by atoms with Gasteiger partial charge in [0.05, 0.1) is 10.8 Å². The number of rotatable bonds is 5. The summed E-state index contributed by atoms with van der Waals surface area (Å²) in [7, 11) is -3.47. The molecule has 0 aliphatic carbocycles. The summed E-state index contributed by atoms with van der Waals surface area (Å²) in [6.07, 6.45) is 0. The van der Waals surface area contributed by atoms with E-state index in [-0.39, 0.29) is 11.3 Å². The first-order valence-corrected chi connectivity index (χ1v) is 7.28. The van der Waals surface area contributed by atoms with Gasteiger partial charge in [0.25, 0.3) is 0 Å². The Kier molecular flexibility index (Phi) is 4.66. The zero-order valence-electron chi connectivity index (χ0n) is 10.6. The Morgan fingerprint density at radius 3 is 2.47 bits per heavy atom. The number of carbonyl (C=O) groups excluding carboxylic acids is 1. The van der Waals surface area contributed by atoms with Gasteiger partial charge in [-0.25, -0.2) is 13.2 Å². The van der Waals surface area contributed by atoms with Crippen LogP contribution in [0.5, 0.6) is 0 Å². The van der Waals surface area contributed by atoms with Crippen LogP contribution in [0.1, 0.15) is 24.2 Å². The molecule has 0 radical (unpaired) electrons. The lowest BCUT2D eigenvalue weighted by molar-refractivity contribution is -0.113. The number of anilines is 1. The van der Waals surface area contributed by atoms with Crippen LogP contribution in [0.15, 0.2) is 24.3 Å². The number of carbonyl (C=O) groups is 2. The van der Waals surface area contributed by atoms with Gasteiger partial charge in [-0.3, -0.25) is 4.79 Å². The molecule has 0 aliphatic heterocycles. The second-order valence-corrected chi connectivity index (χ2v) is 6.85. The van der Waals surface area contributed by atoms with Gasteiger partial charge in [-0.1, -0.05) is 6.07 Å². The fourth-order valence-electron chi connectivity index (χ4n) is 1.28. The van der Waals surface area contributed by atoms with E-state index >= 15 is 0 Å². The maximum absolute atomic E-state index is 11.6. The fourth-order valence-corrected chi connectivity index (χ4v) is 2.05. The molecule has 0 atom stereocenters. The van der Waals surface area contributed by atoms with Crippen molar-refractivity contribution >= 4 is 27.4 Å². The Hall–Kier alpha value is -1.89. The Balaban J connectivity index is 2.78. The van der Waals surface area contributed by atoms with Crippen LogP contribution in [0.2, 0.25) is 0 Å². The third-order valence-electron chi connectivity index (χ3n) is 2.44. The van der Waals surface area contributed by atoms with E-state index < -0.39 is 32.7 Å². The summed E-state index contributed by atoms with van der Waals surface area (Å²) < 4.78 is 23.1. The van der Waals surface area contributed by atoms with Crippen molar-refractivity contribution in [2.24, 2.45) is 0 Å². The topological polar surface area (TPSA) is 101 Å². The Morgan fingerprint density at radius 1 is 1.32 bits per heavy atom. The second-order valence-electron chi connectivity index (χ2n) is 4.29. The number of hydrogen-bond donors (Lipinski definition) is 2. The van der Waals surface area contributed by atoms with Gasteiger partial charge in [0, 0.05) is 5.69 Å². The van der Waals surface area contributed by atoms with E-state index in [0.29, 0.717) is 0 Å². The van der Waals surface area contributed by atoms with Crippen molar-refractivity contribution in [3.05, 3.63) is 29.8 Å². The van der Waals surface area contributed by atoms with Crippen LogP contribution >= 0.6 is 0 Å². The molecule has 0 unspecified atom stereocenters.